The normalized spacial score (nSPS) is 13.1. The van der Waals surface area contributed by atoms with Crippen LogP contribution in [0, 0.1) is 0 Å². The maximum Gasteiger partial charge on any atom is 0.423 e. The molecule has 0 amide bonds. The van der Waals surface area contributed by atoms with E-state index in [1.165, 1.54) is 12.1 Å². The maximum absolute atomic E-state index is 12.1. The first-order valence-corrected chi connectivity index (χ1v) is 4.56. The highest BCUT2D eigenvalue weighted by atomic mass is 19.4. The summed E-state index contributed by atoms with van der Waals surface area (Å²) in [7, 11) is 0. The van der Waals surface area contributed by atoms with Gasteiger partial charge >= 0.3 is 12.4 Å². The highest BCUT2D eigenvalue weighted by molar-refractivity contribution is 5.28. The van der Waals surface area contributed by atoms with E-state index in [0.29, 0.717) is 0 Å². The van der Waals surface area contributed by atoms with E-state index in [1.807, 2.05) is 0 Å². The lowest BCUT2D eigenvalue weighted by Crippen LogP contribution is -2.44. The van der Waals surface area contributed by atoms with Crippen LogP contribution in [0.1, 0.15) is 5.56 Å². The molecule has 18 heavy (non-hydrogen) atoms. The first-order chi connectivity index (χ1) is 8.10. The Kier molecular flexibility index (Phi) is 4.05. The molecule has 0 aliphatic heterocycles. The summed E-state index contributed by atoms with van der Waals surface area (Å²) >= 11 is 0. The lowest BCUT2D eigenvalue weighted by molar-refractivity contribution is -0.324. The molecule has 0 saturated carbocycles. The fraction of sp³-hybridized carbons (Fsp3) is 0.444. The number of pyridine rings is 1. The lowest BCUT2D eigenvalue weighted by Gasteiger charge is -2.23. The van der Waals surface area contributed by atoms with Gasteiger partial charge in [-0.25, -0.2) is 4.98 Å². The van der Waals surface area contributed by atoms with Crippen molar-refractivity contribution in [1.82, 2.24) is 4.98 Å². The maximum atomic E-state index is 12.1. The summed E-state index contributed by atoms with van der Waals surface area (Å²) in [6, 6.07) is 2.47. The molecule has 102 valence electrons. The molecule has 0 aliphatic carbocycles. The zero-order chi connectivity index (χ0) is 14.0. The van der Waals surface area contributed by atoms with Crippen molar-refractivity contribution in [2.75, 3.05) is 5.73 Å². The first-order valence-electron chi connectivity index (χ1n) is 4.56. The Morgan fingerprint density at radius 2 is 1.67 bits per heavy atom. The fourth-order valence-corrected chi connectivity index (χ4v) is 1.08. The lowest BCUT2D eigenvalue weighted by atomic mass is 10.3. The van der Waals surface area contributed by atoms with E-state index in [9.17, 15) is 26.3 Å². The average molecular weight is 274 g/mol. The number of nitrogens with zero attached hydrogens (tertiary/aromatic N) is 1. The number of ether oxygens (including phenoxy) is 1. The first kappa shape index (κ1) is 14.6. The molecule has 0 radical (unpaired) electrons. The van der Waals surface area contributed by atoms with Crippen LogP contribution in [0.5, 0.6) is 0 Å². The van der Waals surface area contributed by atoms with Crippen molar-refractivity contribution >= 4 is 5.82 Å². The van der Waals surface area contributed by atoms with Crippen molar-refractivity contribution in [3.8, 4) is 0 Å². The van der Waals surface area contributed by atoms with Crippen LogP contribution in [0.3, 0.4) is 0 Å². The molecule has 9 heteroatoms. The number of nitrogens with two attached hydrogens (primary N) is 1. The number of alkyl halides is 6. The SMILES string of the molecule is Nc1ccc(COC(C(F)(F)F)C(F)(F)F)cn1. The van der Waals surface area contributed by atoms with Gasteiger partial charge in [-0.2, -0.15) is 26.3 Å². The van der Waals surface area contributed by atoms with Gasteiger partial charge in [0.2, 0.25) is 6.10 Å². The summed E-state index contributed by atoms with van der Waals surface area (Å²) < 4.78 is 76.5. The Bertz CT molecular complexity index is 372. The molecule has 0 atom stereocenters. The van der Waals surface area contributed by atoms with Gasteiger partial charge in [0.1, 0.15) is 5.82 Å². The van der Waals surface area contributed by atoms with E-state index in [0.717, 1.165) is 6.20 Å². The molecule has 0 bridgehead atoms. The highest BCUT2D eigenvalue weighted by Gasteiger charge is 2.57. The van der Waals surface area contributed by atoms with E-state index in [4.69, 9.17) is 5.73 Å². The van der Waals surface area contributed by atoms with Crippen molar-refractivity contribution in [3.63, 3.8) is 0 Å². The van der Waals surface area contributed by atoms with Crippen LogP contribution in [-0.2, 0) is 11.3 Å². The zero-order valence-corrected chi connectivity index (χ0v) is 8.72. The molecule has 1 aromatic heterocycles. The van der Waals surface area contributed by atoms with Gasteiger partial charge < -0.3 is 10.5 Å². The standard InChI is InChI=1S/C9H8F6N2O/c10-8(11,12)7(9(13,14)15)18-4-5-1-2-6(16)17-3-5/h1-3,7H,4H2,(H2,16,17). The largest absolute Gasteiger partial charge is 0.423 e. The van der Waals surface area contributed by atoms with Gasteiger partial charge in [-0.1, -0.05) is 6.07 Å². The number of nitrogen functional groups attached to an aromatic ring is 1. The molecule has 1 heterocycles. The number of halogens is 6. The number of aromatic nitrogens is 1. The molecular weight excluding hydrogens is 266 g/mol. The number of hydrogen-bond acceptors (Lipinski definition) is 3. The van der Waals surface area contributed by atoms with Gasteiger partial charge in [0.25, 0.3) is 0 Å². The number of rotatable bonds is 3. The van der Waals surface area contributed by atoms with Crippen LogP contribution >= 0.6 is 0 Å². The van der Waals surface area contributed by atoms with Gasteiger partial charge in [-0.3, -0.25) is 0 Å². The summed E-state index contributed by atoms with van der Waals surface area (Å²) in [5.74, 6) is 0.0990. The molecule has 0 spiro atoms. The van der Waals surface area contributed by atoms with Gasteiger partial charge in [-0.15, -0.1) is 0 Å². The number of anilines is 1. The van der Waals surface area contributed by atoms with Crippen LogP contribution in [0.4, 0.5) is 32.2 Å². The second kappa shape index (κ2) is 5.01. The quantitative estimate of drug-likeness (QED) is 0.862. The number of hydrogen-bond donors (Lipinski definition) is 1. The van der Waals surface area contributed by atoms with E-state index < -0.39 is 25.1 Å². The second-order valence-corrected chi connectivity index (χ2v) is 3.37. The molecule has 3 nitrogen and oxygen atoms in total. The average Bonchev–Trinajstić information content (AvgIpc) is 2.17. The van der Waals surface area contributed by atoms with Crippen molar-refractivity contribution in [1.29, 1.82) is 0 Å². The van der Waals surface area contributed by atoms with Crippen LogP contribution in [0.15, 0.2) is 18.3 Å². The van der Waals surface area contributed by atoms with Gasteiger partial charge in [0.05, 0.1) is 6.61 Å². The van der Waals surface area contributed by atoms with Crippen molar-refractivity contribution in [2.45, 2.75) is 25.1 Å². The van der Waals surface area contributed by atoms with Gasteiger partial charge in [-0.05, 0) is 11.6 Å². The molecule has 0 unspecified atom stereocenters. The van der Waals surface area contributed by atoms with Crippen LogP contribution in [0.25, 0.3) is 0 Å². The second-order valence-electron chi connectivity index (χ2n) is 3.37. The molecule has 1 aromatic rings. The van der Waals surface area contributed by atoms with E-state index in [2.05, 4.69) is 9.72 Å². The molecule has 0 saturated heterocycles. The smallest absolute Gasteiger partial charge is 0.384 e. The fourth-order valence-electron chi connectivity index (χ4n) is 1.08. The Morgan fingerprint density at radius 3 is 2.06 bits per heavy atom. The molecular formula is C9H8F6N2O. The monoisotopic (exact) mass is 274 g/mol. The summed E-state index contributed by atoms with van der Waals surface area (Å²) in [6.45, 7) is -0.864. The third-order valence-electron chi connectivity index (χ3n) is 1.86. The molecule has 0 aromatic carbocycles. The minimum atomic E-state index is -5.51. The molecule has 0 aliphatic rings. The zero-order valence-electron chi connectivity index (χ0n) is 8.72. The predicted octanol–water partition coefficient (Wildman–Crippen LogP) is 2.67. The highest BCUT2D eigenvalue weighted by Crippen LogP contribution is 2.36. The molecule has 0 fully saturated rings. The van der Waals surface area contributed by atoms with Crippen LogP contribution in [0.2, 0.25) is 0 Å². The van der Waals surface area contributed by atoms with Gasteiger partial charge in [0, 0.05) is 6.20 Å². The van der Waals surface area contributed by atoms with Gasteiger partial charge in [0.15, 0.2) is 0 Å². The van der Waals surface area contributed by atoms with Crippen LogP contribution in [-0.4, -0.2) is 23.4 Å². The third-order valence-corrected chi connectivity index (χ3v) is 1.86. The Labute approximate surface area is 97.6 Å². The minimum absolute atomic E-state index is 0.0581. The van der Waals surface area contributed by atoms with E-state index in [-0.39, 0.29) is 11.4 Å². The summed E-state index contributed by atoms with van der Waals surface area (Å²) in [6.07, 6.45) is -13.8. The van der Waals surface area contributed by atoms with E-state index >= 15 is 0 Å². The minimum Gasteiger partial charge on any atom is -0.384 e. The van der Waals surface area contributed by atoms with Crippen molar-refractivity contribution < 1.29 is 31.1 Å². The van der Waals surface area contributed by atoms with E-state index in [1.54, 1.807) is 0 Å². The topological polar surface area (TPSA) is 48.1 Å². The molecule has 1 rings (SSSR count). The van der Waals surface area contributed by atoms with Crippen molar-refractivity contribution in [3.05, 3.63) is 23.9 Å². The van der Waals surface area contributed by atoms with Crippen molar-refractivity contribution in [2.24, 2.45) is 0 Å². The predicted molar refractivity (Wildman–Crippen MR) is 49.3 cm³/mol. The Morgan fingerprint density at radius 1 is 1.11 bits per heavy atom. The third kappa shape index (κ3) is 4.06. The summed E-state index contributed by atoms with van der Waals surface area (Å²) in [5, 5.41) is 0. The summed E-state index contributed by atoms with van der Waals surface area (Å²) in [4.78, 5) is 3.52. The van der Waals surface area contributed by atoms with Crippen LogP contribution < -0.4 is 5.73 Å². The Balaban J connectivity index is 2.72. The Hall–Kier alpha value is -1.51. The summed E-state index contributed by atoms with van der Waals surface area (Å²) in [5.41, 5.74) is 5.27. The molecule has 2 N–H and O–H groups in total.